The van der Waals surface area contributed by atoms with E-state index < -0.39 is 23.9 Å². The predicted molar refractivity (Wildman–Crippen MR) is 98.1 cm³/mol. The van der Waals surface area contributed by atoms with E-state index in [0.717, 1.165) is 16.7 Å². The zero-order valence-corrected chi connectivity index (χ0v) is 14.6. The smallest absolute Gasteiger partial charge is 0.341 e. The Morgan fingerprint density at radius 2 is 1.92 bits per heavy atom. The Morgan fingerprint density at radius 3 is 2.69 bits per heavy atom. The van der Waals surface area contributed by atoms with Gasteiger partial charge in [-0.05, 0) is 30.5 Å². The molecule has 0 spiro atoms. The SMILES string of the molecule is C[C@H](OC(=O)c1cccc2cccnc12)C(=O)Nc1sccc1C(N)=O. The van der Waals surface area contributed by atoms with Crippen LogP contribution in [0.3, 0.4) is 0 Å². The quantitative estimate of drug-likeness (QED) is 0.672. The highest BCUT2D eigenvalue weighted by Crippen LogP contribution is 2.23. The number of aromatic nitrogens is 1. The molecule has 3 aromatic rings. The minimum Gasteiger partial charge on any atom is -0.449 e. The van der Waals surface area contributed by atoms with Crippen LogP contribution in [0.5, 0.6) is 0 Å². The second kappa shape index (κ2) is 7.32. The third kappa shape index (κ3) is 3.55. The molecule has 132 valence electrons. The predicted octanol–water partition coefficient (Wildman–Crippen LogP) is 2.58. The number of rotatable bonds is 5. The number of fused-ring (bicyclic) bond motifs is 1. The molecule has 2 heterocycles. The van der Waals surface area contributed by atoms with Crippen LogP contribution in [0.4, 0.5) is 5.00 Å². The number of thiophene rings is 1. The average molecular weight is 369 g/mol. The van der Waals surface area contributed by atoms with Crippen molar-refractivity contribution < 1.29 is 19.1 Å². The van der Waals surface area contributed by atoms with E-state index in [9.17, 15) is 14.4 Å². The Balaban J connectivity index is 1.73. The largest absolute Gasteiger partial charge is 0.449 e. The third-order valence-electron chi connectivity index (χ3n) is 3.67. The number of nitrogens with two attached hydrogens (primary N) is 1. The summed E-state index contributed by atoms with van der Waals surface area (Å²) in [7, 11) is 0. The van der Waals surface area contributed by atoms with E-state index in [4.69, 9.17) is 10.5 Å². The summed E-state index contributed by atoms with van der Waals surface area (Å²) in [6.45, 7) is 1.45. The van der Waals surface area contributed by atoms with Crippen LogP contribution in [0.25, 0.3) is 10.9 Å². The summed E-state index contributed by atoms with van der Waals surface area (Å²) < 4.78 is 5.25. The number of primary amides is 1. The van der Waals surface area contributed by atoms with Crippen LogP contribution in [0.2, 0.25) is 0 Å². The van der Waals surface area contributed by atoms with Gasteiger partial charge in [0.25, 0.3) is 11.8 Å². The number of hydrogen-bond acceptors (Lipinski definition) is 6. The van der Waals surface area contributed by atoms with Gasteiger partial charge in [0.2, 0.25) is 0 Å². The average Bonchev–Trinajstić information content (AvgIpc) is 3.09. The number of carbonyl (C=O) groups excluding carboxylic acids is 3. The van der Waals surface area contributed by atoms with E-state index in [1.54, 1.807) is 29.8 Å². The molecule has 2 amide bonds. The van der Waals surface area contributed by atoms with Gasteiger partial charge in [-0.3, -0.25) is 14.6 Å². The molecule has 3 N–H and O–H groups in total. The van der Waals surface area contributed by atoms with Gasteiger partial charge in [-0.15, -0.1) is 11.3 Å². The maximum Gasteiger partial charge on any atom is 0.341 e. The lowest BCUT2D eigenvalue weighted by Crippen LogP contribution is -2.30. The van der Waals surface area contributed by atoms with Crippen LogP contribution in [0, 0.1) is 0 Å². The number of nitrogens with one attached hydrogen (secondary N) is 1. The number of carbonyl (C=O) groups is 3. The number of benzene rings is 1. The van der Waals surface area contributed by atoms with E-state index in [1.807, 2.05) is 12.1 Å². The molecule has 0 bridgehead atoms. The van der Waals surface area contributed by atoms with Crippen molar-refractivity contribution in [1.29, 1.82) is 0 Å². The fraction of sp³-hybridized carbons (Fsp3) is 0.111. The van der Waals surface area contributed by atoms with Gasteiger partial charge in [0.05, 0.1) is 16.6 Å². The minimum atomic E-state index is -1.07. The molecule has 0 aliphatic heterocycles. The molecular weight excluding hydrogens is 354 g/mol. The van der Waals surface area contributed by atoms with Crippen LogP contribution in [0.15, 0.2) is 48.0 Å². The lowest BCUT2D eigenvalue weighted by molar-refractivity contribution is -0.123. The summed E-state index contributed by atoms with van der Waals surface area (Å²) in [5, 5.41) is 5.30. The first-order chi connectivity index (χ1) is 12.5. The maximum absolute atomic E-state index is 12.4. The van der Waals surface area contributed by atoms with Crippen LogP contribution in [0.1, 0.15) is 27.6 Å². The lowest BCUT2D eigenvalue weighted by atomic mass is 10.1. The molecule has 8 heteroatoms. The zero-order chi connectivity index (χ0) is 18.7. The number of esters is 1. The highest BCUT2D eigenvalue weighted by molar-refractivity contribution is 7.14. The van der Waals surface area contributed by atoms with E-state index >= 15 is 0 Å². The van der Waals surface area contributed by atoms with E-state index in [0.29, 0.717) is 10.5 Å². The van der Waals surface area contributed by atoms with Crippen molar-refractivity contribution in [3.63, 3.8) is 0 Å². The molecule has 1 atom stereocenters. The van der Waals surface area contributed by atoms with Crippen molar-refractivity contribution in [2.24, 2.45) is 5.73 Å². The van der Waals surface area contributed by atoms with Crippen molar-refractivity contribution in [3.05, 3.63) is 59.1 Å². The number of nitrogens with zero attached hydrogens (tertiary/aromatic N) is 1. The molecular formula is C18H15N3O4S. The standard InChI is InChI=1S/C18H15N3O4S/c1-10(16(23)21-17-13(15(19)22)7-9-26-17)25-18(24)12-6-2-4-11-5-3-8-20-14(11)12/h2-10H,1H3,(H2,19,22)(H,21,23)/t10-/m0/s1. The second-order valence-electron chi connectivity index (χ2n) is 5.45. The Bertz CT molecular complexity index is 994. The minimum absolute atomic E-state index is 0.208. The highest BCUT2D eigenvalue weighted by atomic mass is 32.1. The van der Waals surface area contributed by atoms with Gasteiger partial charge in [-0.1, -0.05) is 18.2 Å². The van der Waals surface area contributed by atoms with Gasteiger partial charge in [0, 0.05) is 11.6 Å². The number of hydrogen-bond donors (Lipinski definition) is 2. The van der Waals surface area contributed by atoms with Gasteiger partial charge in [0.15, 0.2) is 6.10 Å². The van der Waals surface area contributed by atoms with Gasteiger partial charge < -0.3 is 15.8 Å². The summed E-state index contributed by atoms with van der Waals surface area (Å²) in [5.74, 6) is -1.86. The summed E-state index contributed by atoms with van der Waals surface area (Å²) in [4.78, 5) is 40.2. The topological polar surface area (TPSA) is 111 Å². The number of anilines is 1. The fourth-order valence-corrected chi connectivity index (χ4v) is 3.16. The van der Waals surface area contributed by atoms with Crippen molar-refractivity contribution in [1.82, 2.24) is 4.98 Å². The molecule has 0 unspecified atom stereocenters. The molecule has 1 aromatic carbocycles. The molecule has 0 aliphatic rings. The van der Waals surface area contributed by atoms with E-state index in [1.165, 1.54) is 13.0 Å². The van der Waals surface area contributed by atoms with Gasteiger partial charge >= 0.3 is 5.97 Å². The monoisotopic (exact) mass is 369 g/mol. The van der Waals surface area contributed by atoms with Crippen molar-refractivity contribution >= 4 is 45.0 Å². The van der Waals surface area contributed by atoms with Crippen molar-refractivity contribution in [2.75, 3.05) is 5.32 Å². The van der Waals surface area contributed by atoms with Crippen LogP contribution in [-0.4, -0.2) is 28.9 Å². The second-order valence-corrected chi connectivity index (χ2v) is 6.36. The third-order valence-corrected chi connectivity index (χ3v) is 4.50. The highest BCUT2D eigenvalue weighted by Gasteiger charge is 2.22. The zero-order valence-electron chi connectivity index (χ0n) is 13.8. The Hall–Kier alpha value is -3.26. The molecule has 2 aromatic heterocycles. The molecule has 0 radical (unpaired) electrons. The van der Waals surface area contributed by atoms with E-state index in [2.05, 4.69) is 10.3 Å². The lowest BCUT2D eigenvalue weighted by Gasteiger charge is -2.14. The first-order valence-electron chi connectivity index (χ1n) is 7.70. The molecule has 7 nitrogen and oxygen atoms in total. The van der Waals surface area contributed by atoms with Gasteiger partial charge in [0.1, 0.15) is 5.00 Å². The van der Waals surface area contributed by atoms with Crippen molar-refractivity contribution in [2.45, 2.75) is 13.0 Å². The number of amides is 2. The van der Waals surface area contributed by atoms with Crippen molar-refractivity contribution in [3.8, 4) is 0 Å². The van der Waals surface area contributed by atoms with Gasteiger partial charge in [-0.25, -0.2) is 4.79 Å². The normalized spacial score (nSPS) is 11.7. The van der Waals surface area contributed by atoms with E-state index in [-0.39, 0.29) is 11.1 Å². The number of pyridine rings is 1. The number of para-hydroxylation sites is 1. The number of ether oxygens (including phenoxy) is 1. The molecule has 0 saturated carbocycles. The first kappa shape index (κ1) is 17.6. The molecule has 0 saturated heterocycles. The summed E-state index contributed by atoms with van der Waals surface area (Å²) >= 11 is 1.16. The summed E-state index contributed by atoms with van der Waals surface area (Å²) in [6.07, 6.45) is 0.515. The van der Waals surface area contributed by atoms with Crippen LogP contribution in [-0.2, 0) is 9.53 Å². The molecule has 0 aliphatic carbocycles. The van der Waals surface area contributed by atoms with Crippen LogP contribution >= 0.6 is 11.3 Å². The van der Waals surface area contributed by atoms with Gasteiger partial charge in [-0.2, -0.15) is 0 Å². The molecule has 26 heavy (non-hydrogen) atoms. The first-order valence-corrected chi connectivity index (χ1v) is 8.58. The Labute approximate surface area is 152 Å². The maximum atomic E-state index is 12.4. The Morgan fingerprint density at radius 1 is 1.15 bits per heavy atom. The molecule has 3 rings (SSSR count). The summed E-state index contributed by atoms with van der Waals surface area (Å²) in [6, 6.07) is 10.3. The Kier molecular flexibility index (Phi) is 4.94. The van der Waals surface area contributed by atoms with Crippen LogP contribution < -0.4 is 11.1 Å². The summed E-state index contributed by atoms with van der Waals surface area (Å²) in [5.41, 5.74) is 6.23. The fourth-order valence-electron chi connectivity index (χ4n) is 2.36. The molecule has 0 fully saturated rings.